The van der Waals surface area contributed by atoms with Crippen LogP contribution in [0.15, 0.2) is 0 Å². The number of phosphoric ester groups is 2. The van der Waals surface area contributed by atoms with Gasteiger partial charge in [-0.2, -0.15) is 0 Å². The molecule has 5 atom stereocenters. The SMILES string of the molecule is CCCCCCCCCCCCCCCCCCCCCCCC(=O)O[C@H](COC(=O)CCCCCCCCCCCCC(C)C)COP(=O)(O)OC[C@@H](O)COP(=O)(O)OC[C@@H](COC(=O)CCCCCCCCCC)OC(=O)CCCCCCCCCCCCC. The van der Waals surface area contributed by atoms with Crippen LogP contribution in [0.25, 0.3) is 0 Å². The maximum Gasteiger partial charge on any atom is 0.472 e. The summed E-state index contributed by atoms with van der Waals surface area (Å²) < 4.78 is 68.3. The Bertz CT molecular complexity index is 1790. The van der Waals surface area contributed by atoms with Gasteiger partial charge in [-0.25, -0.2) is 9.13 Å². The average Bonchev–Trinajstić information content (AvgIpc) is 2.52. The fourth-order valence-corrected chi connectivity index (χ4v) is 12.9. The minimum absolute atomic E-state index is 0.107. The van der Waals surface area contributed by atoms with Gasteiger partial charge in [-0.05, 0) is 31.6 Å². The van der Waals surface area contributed by atoms with Crippen molar-refractivity contribution in [2.24, 2.45) is 5.92 Å². The zero-order valence-corrected chi connectivity index (χ0v) is 62.2. The lowest BCUT2D eigenvalue weighted by atomic mass is 10.0. The number of aliphatic hydroxyl groups excluding tert-OH is 1. The summed E-state index contributed by atoms with van der Waals surface area (Å²) in [5.41, 5.74) is 0. The standard InChI is InChI=1S/C74H144O17P2/c1-6-9-12-15-18-21-23-24-25-26-27-28-29-30-31-32-34-40-45-50-55-60-74(79)91-70(64-85-72(77)58-53-48-43-38-36-35-37-41-46-51-56-67(4)5)66-89-93(82,83)87-62-68(75)61-86-92(80,81)88-65-69(63-84-71(76)57-52-47-42-20-17-14-11-8-3)90-73(78)59-54-49-44-39-33-22-19-16-13-10-7-2/h67-70,75H,6-66H2,1-5H3,(H,80,81)(H,82,83)/t68-,69+,70+/m0/s1. The van der Waals surface area contributed by atoms with Crippen molar-refractivity contribution in [1.29, 1.82) is 0 Å². The molecule has 2 unspecified atom stereocenters. The van der Waals surface area contributed by atoms with E-state index in [0.717, 1.165) is 102 Å². The molecule has 0 fully saturated rings. The Morgan fingerprint density at radius 3 is 0.731 bits per heavy atom. The van der Waals surface area contributed by atoms with Crippen molar-refractivity contribution in [3.8, 4) is 0 Å². The maximum atomic E-state index is 13.1. The molecule has 19 heteroatoms. The Labute approximate surface area is 568 Å². The third-order valence-electron chi connectivity index (χ3n) is 17.3. The molecule has 0 heterocycles. The van der Waals surface area contributed by atoms with E-state index < -0.39 is 97.5 Å². The lowest BCUT2D eigenvalue weighted by molar-refractivity contribution is -0.161. The molecule has 0 aliphatic rings. The van der Waals surface area contributed by atoms with Crippen LogP contribution in [0.2, 0.25) is 0 Å². The highest BCUT2D eigenvalue weighted by atomic mass is 31.2. The van der Waals surface area contributed by atoms with Crippen LogP contribution >= 0.6 is 15.6 Å². The first kappa shape index (κ1) is 91.1. The fourth-order valence-electron chi connectivity index (χ4n) is 11.4. The average molecular weight is 1370 g/mol. The first-order valence-electron chi connectivity index (χ1n) is 38.6. The van der Waals surface area contributed by atoms with Crippen molar-refractivity contribution in [3.63, 3.8) is 0 Å². The molecule has 0 aromatic heterocycles. The summed E-state index contributed by atoms with van der Waals surface area (Å²) in [5.74, 6) is -1.36. The minimum Gasteiger partial charge on any atom is -0.462 e. The minimum atomic E-state index is -4.95. The van der Waals surface area contributed by atoms with E-state index in [4.69, 9.17) is 37.0 Å². The number of esters is 4. The molecule has 0 aliphatic carbocycles. The van der Waals surface area contributed by atoms with Crippen molar-refractivity contribution >= 4 is 39.5 Å². The highest BCUT2D eigenvalue weighted by Gasteiger charge is 2.30. The summed E-state index contributed by atoms with van der Waals surface area (Å²) in [6.07, 6.45) is 55.6. The number of carbonyl (C=O) groups excluding carboxylic acids is 4. The van der Waals surface area contributed by atoms with Crippen LogP contribution in [0.4, 0.5) is 0 Å². The predicted molar refractivity (Wildman–Crippen MR) is 377 cm³/mol. The molecule has 0 radical (unpaired) electrons. The van der Waals surface area contributed by atoms with Crippen molar-refractivity contribution < 1.29 is 80.2 Å². The second kappa shape index (κ2) is 67.3. The number of ether oxygens (including phenoxy) is 4. The summed E-state index contributed by atoms with van der Waals surface area (Å²) in [5, 5.41) is 10.6. The van der Waals surface area contributed by atoms with E-state index >= 15 is 0 Å². The molecule has 0 rings (SSSR count). The van der Waals surface area contributed by atoms with E-state index in [0.29, 0.717) is 25.7 Å². The number of hydrogen-bond acceptors (Lipinski definition) is 15. The van der Waals surface area contributed by atoms with Gasteiger partial charge in [0.1, 0.15) is 19.3 Å². The van der Waals surface area contributed by atoms with Gasteiger partial charge in [0, 0.05) is 25.7 Å². The molecule has 0 spiro atoms. The molecular weight excluding hydrogens is 1220 g/mol. The van der Waals surface area contributed by atoms with E-state index in [-0.39, 0.29) is 25.7 Å². The molecule has 93 heavy (non-hydrogen) atoms. The fraction of sp³-hybridized carbons (Fsp3) is 0.946. The molecule has 3 N–H and O–H groups in total. The molecule has 0 saturated carbocycles. The quantitative estimate of drug-likeness (QED) is 0.0222. The van der Waals surface area contributed by atoms with E-state index in [1.54, 1.807) is 0 Å². The number of carbonyl (C=O) groups is 4. The topological polar surface area (TPSA) is 237 Å². The summed E-state index contributed by atoms with van der Waals surface area (Å²) in [6.45, 7) is 7.24. The molecule has 0 bridgehead atoms. The monoisotopic (exact) mass is 1370 g/mol. The summed E-state index contributed by atoms with van der Waals surface area (Å²) in [4.78, 5) is 72.6. The van der Waals surface area contributed by atoms with Gasteiger partial charge in [0.15, 0.2) is 12.2 Å². The van der Waals surface area contributed by atoms with Crippen LogP contribution in [-0.4, -0.2) is 96.7 Å². The lowest BCUT2D eigenvalue weighted by Gasteiger charge is -2.21. The van der Waals surface area contributed by atoms with Crippen LogP contribution in [0, 0.1) is 5.92 Å². The normalized spacial score (nSPS) is 14.0. The van der Waals surface area contributed by atoms with Crippen LogP contribution in [0.1, 0.15) is 388 Å². The van der Waals surface area contributed by atoms with Gasteiger partial charge in [-0.1, -0.05) is 336 Å². The van der Waals surface area contributed by atoms with E-state index in [1.165, 1.54) is 205 Å². The van der Waals surface area contributed by atoms with Gasteiger partial charge in [0.25, 0.3) is 0 Å². The van der Waals surface area contributed by atoms with Crippen LogP contribution in [-0.2, 0) is 65.4 Å². The summed E-state index contributed by atoms with van der Waals surface area (Å²) in [6, 6.07) is 0. The molecule has 0 saturated heterocycles. The Morgan fingerprint density at radius 1 is 0.290 bits per heavy atom. The number of phosphoric acid groups is 2. The van der Waals surface area contributed by atoms with Crippen molar-refractivity contribution in [2.45, 2.75) is 406 Å². The molecule has 17 nitrogen and oxygen atoms in total. The predicted octanol–water partition coefficient (Wildman–Crippen LogP) is 21.7. The largest absolute Gasteiger partial charge is 0.472 e. The van der Waals surface area contributed by atoms with E-state index in [9.17, 15) is 43.2 Å². The zero-order valence-electron chi connectivity index (χ0n) is 60.4. The molecule has 0 amide bonds. The Hall–Kier alpha value is -1.94. The smallest absolute Gasteiger partial charge is 0.462 e. The van der Waals surface area contributed by atoms with Crippen molar-refractivity contribution in [1.82, 2.24) is 0 Å². The number of rotatable bonds is 74. The highest BCUT2D eigenvalue weighted by Crippen LogP contribution is 2.45. The van der Waals surface area contributed by atoms with Gasteiger partial charge >= 0.3 is 39.5 Å². The third kappa shape index (κ3) is 68.4. The van der Waals surface area contributed by atoms with Gasteiger partial charge in [0.2, 0.25) is 0 Å². The number of hydrogen-bond donors (Lipinski definition) is 3. The molecule has 0 aliphatic heterocycles. The Kier molecular flexibility index (Phi) is 65.9. The third-order valence-corrected chi connectivity index (χ3v) is 19.2. The second-order valence-electron chi connectivity index (χ2n) is 27.2. The Balaban J connectivity index is 5.16. The van der Waals surface area contributed by atoms with E-state index in [2.05, 4.69) is 34.6 Å². The van der Waals surface area contributed by atoms with Crippen LogP contribution in [0.3, 0.4) is 0 Å². The van der Waals surface area contributed by atoms with E-state index in [1.807, 2.05) is 0 Å². The summed E-state index contributed by atoms with van der Waals surface area (Å²) in [7, 11) is -9.90. The second-order valence-corrected chi connectivity index (χ2v) is 30.1. The zero-order chi connectivity index (χ0) is 68.4. The first-order valence-corrected chi connectivity index (χ1v) is 41.6. The van der Waals surface area contributed by atoms with Crippen molar-refractivity contribution in [3.05, 3.63) is 0 Å². The van der Waals surface area contributed by atoms with Gasteiger partial charge in [-0.3, -0.25) is 37.3 Å². The van der Waals surface area contributed by atoms with Crippen LogP contribution in [0.5, 0.6) is 0 Å². The number of unbranched alkanes of at least 4 members (excludes halogenated alkanes) is 46. The molecule has 0 aromatic rings. The number of aliphatic hydroxyl groups is 1. The summed E-state index contributed by atoms with van der Waals surface area (Å²) >= 11 is 0. The lowest BCUT2D eigenvalue weighted by Crippen LogP contribution is -2.30. The van der Waals surface area contributed by atoms with Crippen molar-refractivity contribution in [2.75, 3.05) is 39.6 Å². The van der Waals surface area contributed by atoms with Crippen LogP contribution < -0.4 is 0 Å². The molecule has 0 aromatic carbocycles. The molecular formula is C74H144O17P2. The maximum absolute atomic E-state index is 13.1. The van der Waals surface area contributed by atoms with Gasteiger partial charge in [0.05, 0.1) is 26.4 Å². The van der Waals surface area contributed by atoms with Gasteiger partial charge in [-0.15, -0.1) is 0 Å². The molecule has 552 valence electrons. The van der Waals surface area contributed by atoms with Gasteiger partial charge < -0.3 is 33.8 Å². The highest BCUT2D eigenvalue weighted by molar-refractivity contribution is 7.47. The Morgan fingerprint density at radius 2 is 0.495 bits per heavy atom. The first-order chi connectivity index (χ1) is 45.0.